The van der Waals surface area contributed by atoms with Crippen molar-refractivity contribution in [2.75, 3.05) is 24.5 Å². The van der Waals surface area contributed by atoms with Crippen LogP contribution in [0, 0.1) is 0 Å². The van der Waals surface area contributed by atoms with Crippen molar-refractivity contribution in [3.8, 4) is 0 Å². The molecule has 32 heavy (non-hydrogen) atoms. The van der Waals surface area contributed by atoms with E-state index in [-0.39, 0.29) is 5.02 Å². The molecule has 0 atom stereocenters. The second-order valence-corrected chi connectivity index (χ2v) is 9.83. The molecular weight excluding hydrogens is 457 g/mol. The maximum atomic E-state index is 12.9. The van der Waals surface area contributed by atoms with Gasteiger partial charge in [0.15, 0.2) is 0 Å². The molecule has 1 N–H and O–H groups in total. The fourth-order valence-electron chi connectivity index (χ4n) is 3.95. The van der Waals surface area contributed by atoms with Crippen molar-refractivity contribution < 1.29 is 13.2 Å². The molecule has 2 aromatic rings. The highest BCUT2D eigenvalue weighted by molar-refractivity contribution is 8.06. The third-order valence-electron chi connectivity index (χ3n) is 5.73. The fourth-order valence-corrected chi connectivity index (χ4v) is 5.35. The molecule has 0 saturated carbocycles. The lowest BCUT2D eigenvalue weighted by atomic mass is 10.0. The number of aromatic nitrogens is 1. The number of hydrogen-bond donors (Lipinski definition) is 1. The average Bonchev–Trinajstić information content (AvgIpc) is 3.18. The van der Waals surface area contributed by atoms with Gasteiger partial charge in [-0.3, -0.25) is 0 Å². The number of rotatable bonds is 5. The van der Waals surface area contributed by atoms with Crippen LogP contribution in [0.4, 0.5) is 19.0 Å². The topological polar surface area (TPSA) is 31.4 Å². The van der Waals surface area contributed by atoms with Crippen LogP contribution in [0.25, 0.3) is 4.91 Å². The summed E-state index contributed by atoms with van der Waals surface area (Å²) in [6.45, 7) is 6.62. The molecule has 172 valence electrons. The lowest BCUT2D eigenvalue weighted by molar-refractivity contribution is -0.137. The van der Waals surface area contributed by atoms with Crippen molar-refractivity contribution in [3.63, 3.8) is 0 Å². The Kier molecular flexibility index (Phi) is 6.93. The molecule has 3 heterocycles. The normalized spacial score (nSPS) is 18.7. The molecule has 0 bridgehead atoms. The van der Waals surface area contributed by atoms with Crippen molar-refractivity contribution in [1.29, 1.82) is 0 Å². The van der Waals surface area contributed by atoms with E-state index in [0.717, 1.165) is 31.6 Å². The Balaban J connectivity index is 1.43. The third kappa shape index (κ3) is 5.18. The SMILES string of the molecule is CC(C)N1CC(NC2CCN(c3ncc(C(F)(F)F)cc3Cl)CC2)=C(c2ccccc2)S1. The highest BCUT2D eigenvalue weighted by Gasteiger charge is 2.33. The predicted molar refractivity (Wildman–Crippen MR) is 125 cm³/mol. The van der Waals surface area contributed by atoms with Crippen LogP contribution in [0.3, 0.4) is 0 Å². The van der Waals surface area contributed by atoms with Gasteiger partial charge in [-0.25, -0.2) is 9.29 Å². The summed E-state index contributed by atoms with van der Waals surface area (Å²) in [4.78, 5) is 7.24. The summed E-state index contributed by atoms with van der Waals surface area (Å²) >= 11 is 7.93. The van der Waals surface area contributed by atoms with E-state index in [0.29, 0.717) is 31.0 Å². The highest BCUT2D eigenvalue weighted by atomic mass is 35.5. The van der Waals surface area contributed by atoms with Crippen LogP contribution < -0.4 is 10.2 Å². The zero-order valence-electron chi connectivity index (χ0n) is 18.0. The number of halogens is 4. The summed E-state index contributed by atoms with van der Waals surface area (Å²) in [5.74, 6) is 0.421. The first-order valence-corrected chi connectivity index (χ1v) is 11.8. The van der Waals surface area contributed by atoms with Crippen LogP contribution >= 0.6 is 23.5 Å². The summed E-state index contributed by atoms with van der Waals surface area (Å²) in [7, 11) is 0. The first-order valence-electron chi connectivity index (χ1n) is 10.7. The standard InChI is InChI=1S/C23H26ClF3N4S/c1-15(2)31-14-20(21(32-31)16-6-4-3-5-7-16)29-18-8-10-30(11-9-18)22-19(24)12-17(13-28-22)23(25,26)27/h3-7,12-13,15,18,29H,8-11,14H2,1-2H3. The number of pyridine rings is 1. The molecule has 0 aliphatic carbocycles. The second-order valence-electron chi connectivity index (χ2n) is 8.37. The lowest BCUT2D eigenvalue weighted by Gasteiger charge is -2.34. The largest absolute Gasteiger partial charge is 0.417 e. The first kappa shape index (κ1) is 23.3. The van der Waals surface area contributed by atoms with E-state index in [4.69, 9.17) is 11.6 Å². The third-order valence-corrected chi connectivity index (χ3v) is 7.46. The van der Waals surface area contributed by atoms with Gasteiger partial charge in [0.1, 0.15) is 5.82 Å². The highest BCUT2D eigenvalue weighted by Crippen LogP contribution is 2.41. The molecule has 1 aromatic heterocycles. The van der Waals surface area contributed by atoms with Crippen LogP contribution in [-0.4, -0.2) is 41.0 Å². The van der Waals surface area contributed by atoms with Gasteiger partial charge in [0, 0.05) is 37.1 Å². The Morgan fingerprint density at radius 1 is 1.16 bits per heavy atom. The van der Waals surface area contributed by atoms with E-state index in [1.54, 1.807) is 11.9 Å². The van der Waals surface area contributed by atoms with E-state index in [1.165, 1.54) is 16.2 Å². The van der Waals surface area contributed by atoms with Gasteiger partial charge in [0.2, 0.25) is 0 Å². The molecule has 0 radical (unpaired) electrons. The maximum absolute atomic E-state index is 12.9. The predicted octanol–water partition coefficient (Wildman–Crippen LogP) is 6.05. The van der Waals surface area contributed by atoms with Gasteiger partial charge in [0.25, 0.3) is 0 Å². The smallest absolute Gasteiger partial charge is 0.383 e. The van der Waals surface area contributed by atoms with Crippen LogP contribution in [0.2, 0.25) is 5.02 Å². The van der Waals surface area contributed by atoms with Crippen molar-refractivity contribution in [2.24, 2.45) is 0 Å². The molecule has 1 saturated heterocycles. The fraction of sp³-hybridized carbons (Fsp3) is 0.435. The minimum atomic E-state index is -4.45. The Bertz CT molecular complexity index is 973. The van der Waals surface area contributed by atoms with Crippen LogP contribution in [-0.2, 0) is 6.18 Å². The average molecular weight is 483 g/mol. The Labute approximate surface area is 196 Å². The molecule has 2 aliphatic heterocycles. The molecule has 4 nitrogen and oxygen atoms in total. The van der Waals surface area contributed by atoms with Crippen LogP contribution in [0.15, 0.2) is 48.3 Å². The number of nitrogens with one attached hydrogen (secondary N) is 1. The molecule has 1 aromatic carbocycles. The minimum Gasteiger partial charge on any atom is -0.383 e. The molecule has 0 unspecified atom stereocenters. The number of piperidine rings is 1. The first-order chi connectivity index (χ1) is 15.2. The van der Waals surface area contributed by atoms with Crippen molar-refractivity contribution in [2.45, 2.75) is 44.9 Å². The maximum Gasteiger partial charge on any atom is 0.417 e. The quantitative estimate of drug-likeness (QED) is 0.524. The van der Waals surface area contributed by atoms with Gasteiger partial charge in [-0.15, -0.1) is 0 Å². The van der Waals surface area contributed by atoms with Gasteiger partial charge in [-0.05, 0) is 50.3 Å². The molecule has 0 spiro atoms. The molecule has 0 amide bonds. The molecule has 9 heteroatoms. The number of hydrogen-bond acceptors (Lipinski definition) is 5. The second kappa shape index (κ2) is 9.53. The molecule has 1 fully saturated rings. The van der Waals surface area contributed by atoms with Crippen LogP contribution in [0.1, 0.15) is 37.8 Å². The van der Waals surface area contributed by atoms with Gasteiger partial charge >= 0.3 is 6.18 Å². The number of anilines is 1. The van der Waals surface area contributed by atoms with E-state index in [2.05, 4.69) is 52.7 Å². The summed E-state index contributed by atoms with van der Waals surface area (Å²) in [5.41, 5.74) is 1.62. The summed E-state index contributed by atoms with van der Waals surface area (Å²) in [6.07, 6.45) is -1.87. The van der Waals surface area contributed by atoms with E-state index < -0.39 is 11.7 Å². The van der Waals surface area contributed by atoms with Gasteiger partial charge in [0.05, 0.1) is 22.0 Å². The summed E-state index contributed by atoms with van der Waals surface area (Å²) in [5, 5.41) is 3.80. The van der Waals surface area contributed by atoms with E-state index in [9.17, 15) is 13.2 Å². The molecular formula is C23H26ClF3N4S. The number of nitrogens with zero attached hydrogens (tertiary/aromatic N) is 3. The zero-order valence-corrected chi connectivity index (χ0v) is 19.6. The Morgan fingerprint density at radius 2 is 1.84 bits per heavy atom. The minimum absolute atomic E-state index is 0.0417. The number of benzene rings is 1. The Hall–Kier alpha value is -1.90. The summed E-state index contributed by atoms with van der Waals surface area (Å²) in [6, 6.07) is 12.1. The monoisotopic (exact) mass is 482 g/mol. The lowest BCUT2D eigenvalue weighted by Crippen LogP contribution is -2.43. The molecule has 4 rings (SSSR count). The Morgan fingerprint density at radius 3 is 2.44 bits per heavy atom. The van der Waals surface area contributed by atoms with E-state index >= 15 is 0 Å². The molecule has 2 aliphatic rings. The number of alkyl halides is 3. The van der Waals surface area contributed by atoms with E-state index in [1.807, 2.05) is 11.0 Å². The van der Waals surface area contributed by atoms with Crippen molar-refractivity contribution in [1.82, 2.24) is 14.6 Å². The van der Waals surface area contributed by atoms with Crippen molar-refractivity contribution in [3.05, 3.63) is 64.4 Å². The summed E-state index contributed by atoms with van der Waals surface area (Å²) < 4.78 is 41.0. The van der Waals surface area contributed by atoms with Gasteiger partial charge < -0.3 is 10.2 Å². The van der Waals surface area contributed by atoms with Gasteiger partial charge in [-0.1, -0.05) is 41.9 Å². The van der Waals surface area contributed by atoms with Crippen LogP contribution in [0.5, 0.6) is 0 Å². The van der Waals surface area contributed by atoms with Crippen molar-refractivity contribution >= 4 is 34.3 Å². The zero-order chi connectivity index (χ0) is 22.9. The van der Waals surface area contributed by atoms with Gasteiger partial charge in [-0.2, -0.15) is 13.2 Å².